The zero-order valence-electron chi connectivity index (χ0n) is 15.9. The highest BCUT2D eigenvalue weighted by atomic mass is 32.2. The summed E-state index contributed by atoms with van der Waals surface area (Å²) >= 11 is 0. The van der Waals surface area contributed by atoms with Crippen LogP contribution in [-0.2, 0) is 19.4 Å². The lowest BCUT2D eigenvalue weighted by atomic mass is 9.55. The highest BCUT2D eigenvalue weighted by molar-refractivity contribution is 7.91. The zero-order valence-corrected chi connectivity index (χ0v) is 16.7. The van der Waals surface area contributed by atoms with Gasteiger partial charge in [-0.25, -0.2) is 8.42 Å². The Bertz CT molecular complexity index is 732. The van der Waals surface area contributed by atoms with Crippen molar-refractivity contribution in [1.29, 1.82) is 0 Å². The molecular formula is C20H31NO4S. The lowest BCUT2D eigenvalue weighted by Gasteiger charge is -2.50. The number of carbonyl (C=O) groups excluding carboxylic acids is 1. The quantitative estimate of drug-likeness (QED) is 0.601. The van der Waals surface area contributed by atoms with Crippen molar-refractivity contribution in [2.75, 3.05) is 18.1 Å². The van der Waals surface area contributed by atoms with Crippen LogP contribution in [0, 0.1) is 23.2 Å². The third kappa shape index (κ3) is 3.13. The van der Waals surface area contributed by atoms with Gasteiger partial charge in [0.05, 0.1) is 17.4 Å². The lowest BCUT2D eigenvalue weighted by molar-refractivity contribution is -0.146. The van der Waals surface area contributed by atoms with Gasteiger partial charge in [-0.2, -0.15) is 0 Å². The van der Waals surface area contributed by atoms with Gasteiger partial charge in [0.15, 0.2) is 9.84 Å². The van der Waals surface area contributed by atoms with E-state index in [4.69, 9.17) is 4.74 Å². The van der Waals surface area contributed by atoms with Crippen LogP contribution in [-0.4, -0.2) is 44.1 Å². The fourth-order valence-electron chi connectivity index (χ4n) is 6.00. The predicted molar refractivity (Wildman–Crippen MR) is 100 cm³/mol. The number of esters is 1. The highest BCUT2D eigenvalue weighted by Gasteiger charge is 2.55. The Kier molecular flexibility index (Phi) is 4.31. The molecule has 1 N–H and O–H groups in total. The third-order valence-electron chi connectivity index (χ3n) is 7.57. The van der Waals surface area contributed by atoms with Gasteiger partial charge in [-0.15, -0.1) is 0 Å². The second-order valence-corrected chi connectivity index (χ2v) is 11.9. The summed E-state index contributed by atoms with van der Waals surface area (Å²) in [6, 6.07) is 0. The lowest BCUT2D eigenvalue weighted by Crippen LogP contribution is -2.49. The molecule has 0 bridgehead atoms. The molecule has 2 saturated heterocycles. The number of allylic oxidation sites excluding steroid dienone is 1. The van der Waals surface area contributed by atoms with Gasteiger partial charge in [0.1, 0.15) is 6.10 Å². The van der Waals surface area contributed by atoms with Crippen LogP contribution in [0.2, 0.25) is 0 Å². The van der Waals surface area contributed by atoms with Gasteiger partial charge in [-0.3, -0.25) is 4.79 Å². The molecule has 0 aromatic heterocycles. The topological polar surface area (TPSA) is 72.5 Å². The summed E-state index contributed by atoms with van der Waals surface area (Å²) in [6.07, 6.45) is 6.03. The minimum atomic E-state index is -2.96. The summed E-state index contributed by atoms with van der Waals surface area (Å²) in [7, 11) is -2.96. The predicted octanol–water partition coefficient (Wildman–Crippen LogP) is 2.47. The fraction of sp³-hybridized carbons (Fsp3) is 0.850. The van der Waals surface area contributed by atoms with Crippen molar-refractivity contribution in [2.24, 2.45) is 23.2 Å². The fourth-order valence-corrected chi connectivity index (χ4v) is 8.12. The number of sulfone groups is 1. The summed E-state index contributed by atoms with van der Waals surface area (Å²) in [5.41, 5.74) is 1.14. The van der Waals surface area contributed by atoms with Gasteiger partial charge in [-0.05, 0) is 56.8 Å². The van der Waals surface area contributed by atoms with Crippen molar-refractivity contribution < 1.29 is 17.9 Å². The molecule has 2 aliphatic heterocycles. The molecule has 2 aliphatic carbocycles. The van der Waals surface area contributed by atoms with E-state index in [0.29, 0.717) is 18.9 Å². The Morgan fingerprint density at radius 2 is 2.08 bits per heavy atom. The minimum Gasteiger partial charge on any atom is -0.462 e. The number of ether oxygens (including phenoxy) is 1. The molecule has 0 radical (unpaired) electrons. The Balaban J connectivity index is 1.47. The molecule has 0 amide bonds. The number of nitrogens with one attached hydrogen (secondary N) is 1. The van der Waals surface area contributed by atoms with Crippen molar-refractivity contribution in [1.82, 2.24) is 5.32 Å². The van der Waals surface area contributed by atoms with E-state index in [1.165, 1.54) is 18.4 Å². The van der Waals surface area contributed by atoms with Gasteiger partial charge >= 0.3 is 5.97 Å². The van der Waals surface area contributed by atoms with Gasteiger partial charge in [0, 0.05) is 18.0 Å². The molecule has 4 fully saturated rings. The maximum absolute atomic E-state index is 12.6. The smallest absolute Gasteiger partial charge is 0.310 e. The molecule has 5 nitrogen and oxygen atoms in total. The van der Waals surface area contributed by atoms with Gasteiger partial charge in [0.2, 0.25) is 0 Å². The summed E-state index contributed by atoms with van der Waals surface area (Å²) < 4.78 is 29.4. The molecule has 6 heteroatoms. The summed E-state index contributed by atoms with van der Waals surface area (Å²) in [5, 5.41) is 3.41. The van der Waals surface area contributed by atoms with Crippen LogP contribution in [0.4, 0.5) is 0 Å². The van der Waals surface area contributed by atoms with Gasteiger partial charge in [-0.1, -0.05) is 19.1 Å². The minimum absolute atomic E-state index is 0.0153. The van der Waals surface area contributed by atoms with E-state index in [1.807, 2.05) is 6.92 Å². The maximum Gasteiger partial charge on any atom is 0.310 e. The van der Waals surface area contributed by atoms with Crippen molar-refractivity contribution in [3.05, 3.63) is 12.2 Å². The van der Waals surface area contributed by atoms with Crippen molar-refractivity contribution in [2.45, 2.75) is 64.0 Å². The average molecular weight is 382 g/mol. The summed E-state index contributed by atoms with van der Waals surface area (Å²) in [4.78, 5) is 12.6. The molecule has 0 aromatic carbocycles. The highest BCUT2D eigenvalue weighted by Crippen LogP contribution is 2.56. The van der Waals surface area contributed by atoms with Crippen LogP contribution in [0.3, 0.4) is 0 Å². The molecule has 146 valence electrons. The summed E-state index contributed by atoms with van der Waals surface area (Å²) in [6.45, 7) is 9.14. The van der Waals surface area contributed by atoms with Crippen LogP contribution in [0.25, 0.3) is 0 Å². The zero-order chi connectivity index (χ0) is 18.7. The number of fused-ring (bicyclic) bond motifs is 2. The molecule has 2 saturated carbocycles. The first kappa shape index (κ1) is 18.5. The number of carbonyl (C=O) groups is 1. The van der Waals surface area contributed by atoms with Crippen molar-refractivity contribution in [3.63, 3.8) is 0 Å². The first-order valence-corrected chi connectivity index (χ1v) is 11.8. The number of hydrogen-bond acceptors (Lipinski definition) is 5. The van der Waals surface area contributed by atoms with E-state index in [-0.39, 0.29) is 40.8 Å². The molecule has 4 aliphatic rings. The van der Waals surface area contributed by atoms with Crippen LogP contribution in [0.15, 0.2) is 12.2 Å². The average Bonchev–Trinajstić information content (AvgIpc) is 2.98. The van der Waals surface area contributed by atoms with Gasteiger partial charge in [0.25, 0.3) is 0 Å². The number of hydrogen-bond donors (Lipinski definition) is 1. The van der Waals surface area contributed by atoms with Crippen LogP contribution in [0.5, 0.6) is 0 Å². The van der Waals surface area contributed by atoms with Crippen LogP contribution >= 0.6 is 0 Å². The Labute approximate surface area is 156 Å². The molecule has 4 rings (SSSR count). The van der Waals surface area contributed by atoms with E-state index in [9.17, 15) is 13.2 Å². The SMILES string of the molecule is C=C1CCC[C@]2(C)C[C@H]3OC(=O)[C@@H](CN[C@]4(C)CCS(=O)(=O)C4)[C@H]3C[C@@H]12. The molecule has 2 heterocycles. The monoisotopic (exact) mass is 381 g/mol. The van der Waals surface area contributed by atoms with E-state index in [1.54, 1.807) is 0 Å². The van der Waals surface area contributed by atoms with E-state index in [0.717, 1.165) is 19.3 Å². The normalized spacial score (nSPS) is 47.3. The molecule has 0 spiro atoms. The van der Waals surface area contributed by atoms with Gasteiger partial charge < -0.3 is 10.1 Å². The van der Waals surface area contributed by atoms with E-state index >= 15 is 0 Å². The second-order valence-electron chi connectivity index (χ2n) is 9.69. The standard InChI is InChI=1S/C20H31NO4S/c1-13-5-4-6-19(2)10-17-14(9-16(13)19)15(18(22)25-17)11-21-20(3)7-8-26(23,24)12-20/h14-17,21H,1,4-12H2,2-3H3/t14-,15+,16+,17-,19-,20-/m1/s1. The molecule has 6 atom stereocenters. The van der Waals surface area contributed by atoms with E-state index in [2.05, 4.69) is 18.8 Å². The molecular weight excluding hydrogens is 350 g/mol. The van der Waals surface area contributed by atoms with E-state index < -0.39 is 15.4 Å². The first-order valence-electron chi connectivity index (χ1n) is 9.95. The molecule has 26 heavy (non-hydrogen) atoms. The second kappa shape index (κ2) is 6.06. The molecule has 0 unspecified atom stereocenters. The maximum atomic E-state index is 12.6. The molecule has 0 aromatic rings. The largest absolute Gasteiger partial charge is 0.462 e. The summed E-state index contributed by atoms with van der Waals surface area (Å²) in [5.74, 6) is 0.830. The van der Waals surface area contributed by atoms with Crippen LogP contribution < -0.4 is 5.32 Å². The Morgan fingerprint density at radius 1 is 1.31 bits per heavy atom. The van der Waals surface area contributed by atoms with Crippen molar-refractivity contribution >= 4 is 15.8 Å². The van der Waals surface area contributed by atoms with Crippen molar-refractivity contribution in [3.8, 4) is 0 Å². The Morgan fingerprint density at radius 3 is 2.77 bits per heavy atom. The first-order chi connectivity index (χ1) is 12.1. The van der Waals surface area contributed by atoms with Crippen LogP contribution in [0.1, 0.15) is 52.4 Å². The number of rotatable bonds is 3. The third-order valence-corrected chi connectivity index (χ3v) is 9.48. The Hall–Kier alpha value is -0.880.